The van der Waals surface area contributed by atoms with E-state index in [2.05, 4.69) is 0 Å². The Hall–Kier alpha value is -1.87. The zero-order valence-corrected chi connectivity index (χ0v) is 11.5. The molecule has 0 bridgehead atoms. The van der Waals surface area contributed by atoms with Crippen LogP contribution in [0.1, 0.15) is 12.5 Å². The summed E-state index contributed by atoms with van der Waals surface area (Å²) in [6.45, 7) is 2.89. The maximum Gasteiger partial charge on any atom is 0.145 e. The van der Waals surface area contributed by atoms with Crippen LogP contribution in [0.5, 0.6) is 11.5 Å². The first kappa shape index (κ1) is 13.6. The number of benzene rings is 2. The van der Waals surface area contributed by atoms with Gasteiger partial charge < -0.3 is 15.2 Å². The van der Waals surface area contributed by atoms with Crippen molar-refractivity contribution in [2.24, 2.45) is 0 Å². The molecule has 0 unspecified atom stereocenters. The number of hydrogen-bond donors (Lipinski definition) is 1. The van der Waals surface area contributed by atoms with E-state index in [0.29, 0.717) is 35.4 Å². The molecule has 2 aromatic rings. The Kier molecular flexibility index (Phi) is 4.53. The van der Waals surface area contributed by atoms with Gasteiger partial charge >= 0.3 is 0 Å². The molecule has 3 nitrogen and oxygen atoms in total. The van der Waals surface area contributed by atoms with E-state index in [-0.39, 0.29) is 0 Å². The van der Waals surface area contributed by atoms with E-state index in [1.54, 1.807) is 12.1 Å². The van der Waals surface area contributed by atoms with Crippen LogP contribution in [-0.2, 0) is 6.61 Å². The Morgan fingerprint density at radius 3 is 2.63 bits per heavy atom. The molecule has 0 aliphatic carbocycles. The predicted octanol–water partition coefficient (Wildman–Crippen LogP) is 3.90. The molecule has 0 spiro atoms. The first-order valence-electron chi connectivity index (χ1n) is 6.09. The smallest absolute Gasteiger partial charge is 0.145 e. The van der Waals surface area contributed by atoms with Crippen LogP contribution < -0.4 is 15.2 Å². The summed E-state index contributed by atoms with van der Waals surface area (Å²) >= 11 is 6.07. The summed E-state index contributed by atoms with van der Waals surface area (Å²) in [6, 6.07) is 13.0. The molecule has 0 saturated carbocycles. The molecule has 0 atom stereocenters. The summed E-state index contributed by atoms with van der Waals surface area (Å²) in [6.07, 6.45) is 0. The third kappa shape index (κ3) is 3.55. The van der Waals surface area contributed by atoms with E-state index in [9.17, 15) is 0 Å². The standard InChI is InChI=1S/C15H16ClNO2/c1-2-18-15-9-12(7-8-14(15)17)19-10-11-5-3-4-6-13(11)16/h3-9H,2,10,17H2,1H3. The molecule has 0 heterocycles. The molecule has 0 amide bonds. The number of nitrogen functional groups attached to an aromatic ring is 1. The number of nitrogens with two attached hydrogens (primary N) is 1. The molecule has 0 saturated heterocycles. The lowest BCUT2D eigenvalue weighted by Gasteiger charge is -2.11. The minimum absolute atomic E-state index is 0.412. The van der Waals surface area contributed by atoms with Crippen LogP contribution in [-0.4, -0.2) is 6.61 Å². The molecular weight excluding hydrogens is 262 g/mol. The van der Waals surface area contributed by atoms with Crippen molar-refractivity contribution < 1.29 is 9.47 Å². The van der Waals surface area contributed by atoms with Crippen LogP contribution in [0.15, 0.2) is 42.5 Å². The monoisotopic (exact) mass is 277 g/mol. The second-order valence-electron chi connectivity index (χ2n) is 4.01. The zero-order chi connectivity index (χ0) is 13.7. The van der Waals surface area contributed by atoms with Crippen LogP contribution in [0.25, 0.3) is 0 Å². The van der Waals surface area contributed by atoms with Crippen molar-refractivity contribution in [3.63, 3.8) is 0 Å². The van der Waals surface area contributed by atoms with Crippen molar-refractivity contribution in [1.29, 1.82) is 0 Å². The van der Waals surface area contributed by atoms with Crippen molar-refractivity contribution in [3.8, 4) is 11.5 Å². The lowest BCUT2D eigenvalue weighted by atomic mass is 10.2. The van der Waals surface area contributed by atoms with Crippen molar-refractivity contribution in [1.82, 2.24) is 0 Å². The van der Waals surface area contributed by atoms with E-state index in [1.807, 2.05) is 37.3 Å². The molecule has 4 heteroatoms. The Bertz CT molecular complexity index is 558. The van der Waals surface area contributed by atoms with Crippen molar-refractivity contribution >= 4 is 17.3 Å². The molecule has 2 aromatic carbocycles. The molecular formula is C15H16ClNO2. The summed E-state index contributed by atoms with van der Waals surface area (Å²) in [5.41, 5.74) is 7.35. The molecule has 0 aliphatic rings. The molecule has 2 rings (SSSR count). The number of rotatable bonds is 5. The minimum atomic E-state index is 0.412. The number of halogens is 1. The average Bonchev–Trinajstić information content (AvgIpc) is 2.41. The van der Waals surface area contributed by atoms with E-state index >= 15 is 0 Å². The summed E-state index contributed by atoms with van der Waals surface area (Å²) < 4.78 is 11.1. The first-order chi connectivity index (χ1) is 9.20. The zero-order valence-electron chi connectivity index (χ0n) is 10.7. The van der Waals surface area contributed by atoms with Gasteiger partial charge in [0.05, 0.1) is 12.3 Å². The van der Waals surface area contributed by atoms with Gasteiger partial charge in [0.15, 0.2) is 0 Å². The second-order valence-corrected chi connectivity index (χ2v) is 4.42. The molecule has 0 aromatic heterocycles. The maximum absolute atomic E-state index is 6.07. The Balaban J connectivity index is 2.07. The first-order valence-corrected chi connectivity index (χ1v) is 6.47. The highest BCUT2D eigenvalue weighted by molar-refractivity contribution is 6.31. The van der Waals surface area contributed by atoms with Gasteiger partial charge in [-0.2, -0.15) is 0 Å². The van der Waals surface area contributed by atoms with E-state index < -0.39 is 0 Å². The average molecular weight is 278 g/mol. The van der Waals surface area contributed by atoms with Crippen molar-refractivity contribution in [3.05, 3.63) is 53.1 Å². The summed E-state index contributed by atoms with van der Waals surface area (Å²) in [7, 11) is 0. The van der Waals surface area contributed by atoms with Crippen LogP contribution >= 0.6 is 11.6 Å². The molecule has 0 fully saturated rings. The van der Waals surface area contributed by atoms with Gasteiger partial charge in [0.1, 0.15) is 18.1 Å². The van der Waals surface area contributed by atoms with Crippen molar-refractivity contribution in [2.75, 3.05) is 12.3 Å². The van der Waals surface area contributed by atoms with Crippen LogP contribution in [0.3, 0.4) is 0 Å². The lowest BCUT2D eigenvalue weighted by molar-refractivity contribution is 0.300. The van der Waals surface area contributed by atoms with Gasteiger partial charge in [0.2, 0.25) is 0 Å². The van der Waals surface area contributed by atoms with Crippen LogP contribution in [0.2, 0.25) is 5.02 Å². The van der Waals surface area contributed by atoms with E-state index in [0.717, 1.165) is 5.56 Å². The summed E-state index contributed by atoms with van der Waals surface area (Å²) in [4.78, 5) is 0. The third-order valence-electron chi connectivity index (χ3n) is 2.64. The van der Waals surface area contributed by atoms with Gasteiger partial charge in [-0.15, -0.1) is 0 Å². The number of anilines is 1. The lowest BCUT2D eigenvalue weighted by Crippen LogP contribution is -1.99. The van der Waals surface area contributed by atoms with Gasteiger partial charge in [0, 0.05) is 16.7 Å². The fraction of sp³-hybridized carbons (Fsp3) is 0.200. The normalized spacial score (nSPS) is 10.2. The highest BCUT2D eigenvalue weighted by atomic mass is 35.5. The molecule has 2 N–H and O–H groups in total. The SMILES string of the molecule is CCOc1cc(OCc2ccccc2Cl)ccc1N. The van der Waals surface area contributed by atoms with Crippen LogP contribution in [0, 0.1) is 0 Å². The minimum Gasteiger partial charge on any atom is -0.492 e. The topological polar surface area (TPSA) is 44.5 Å². The van der Waals surface area contributed by atoms with Crippen LogP contribution in [0.4, 0.5) is 5.69 Å². The molecule has 19 heavy (non-hydrogen) atoms. The van der Waals surface area contributed by atoms with Gasteiger partial charge in [-0.25, -0.2) is 0 Å². The van der Waals surface area contributed by atoms with Crippen molar-refractivity contribution in [2.45, 2.75) is 13.5 Å². The summed E-state index contributed by atoms with van der Waals surface area (Å²) in [5, 5.41) is 0.697. The molecule has 0 radical (unpaired) electrons. The Labute approximate surface area is 117 Å². The summed E-state index contributed by atoms with van der Waals surface area (Å²) in [5.74, 6) is 1.34. The fourth-order valence-electron chi connectivity index (χ4n) is 1.66. The Morgan fingerprint density at radius 2 is 1.89 bits per heavy atom. The third-order valence-corrected chi connectivity index (χ3v) is 3.01. The van der Waals surface area contributed by atoms with Gasteiger partial charge in [0.25, 0.3) is 0 Å². The quantitative estimate of drug-likeness (QED) is 0.843. The van der Waals surface area contributed by atoms with Gasteiger partial charge in [-0.1, -0.05) is 29.8 Å². The van der Waals surface area contributed by atoms with E-state index in [1.165, 1.54) is 0 Å². The predicted molar refractivity (Wildman–Crippen MR) is 77.8 cm³/mol. The maximum atomic E-state index is 6.07. The number of ether oxygens (including phenoxy) is 2. The second kappa shape index (κ2) is 6.34. The van der Waals surface area contributed by atoms with E-state index in [4.69, 9.17) is 26.8 Å². The highest BCUT2D eigenvalue weighted by Crippen LogP contribution is 2.28. The van der Waals surface area contributed by atoms with Gasteiger partial charge in [-0.3, -0.25) is 0 Å². The molecule has 0 aliphatic heterocycles. The number of hydrogen-bond acceptors (Lipinski definition) is 3. The molecule has 100 valence electrons. The fourth-order valence-corrected chi connectivity index (χ4v) is 1.85. The van der Waals surface area contributed by atoms with Gasteiger partial charge in [-0.05, 0) is 25.1 Å². The largest absolute Gasteiger partial charge is 0.492 e. The highest BCUT2D eigenvalue weighted by Gasteiger charge is 2.04. The Morgan fingerprint density at radius 1 is 1.11 bits per heavy atom.